The van der Waals surface area contributed by atoms with Gasteiger partial charge < -0.3 is 0 Å². The average Bonchev–Trinajstić information content (AvgIpc) is 2.76. The van der Waals surface area contributed by atoms with E-state index >= 15 is 0 Å². The second kappa shape index (κ2) is 4.89. The van der Waals surface area contributed by atoms with Gasteiger partial charge in [-0.05, 0) is 54.7 Å². The van der Waals surface area contributed by atoms with Crippen LogP contribution in [0.4, 0.5) is 0 Å². The van der Waals surface area contributed by atoms with E-state index in [0.29, 0.717) is 0 Å². The molecule has 24 heavy (non-hydrogen) atoms. The summed E-state index contributed by atoms with van der Waals surface area (Å²) < 4.78 is 0. The summed E-state index contributed by atoms with van der Waals surface area (Å²) in [6.45, 7) is 11.3. The van der Waals surface area contributed by atoms with E-state index in [1.54, 1.807) is 0 Å². The molecule has 0 N–H and O–H groups in total. The average molecular weight is 316 g/mol. The molecule has 0 fully saturated rings. The van der Waals surface area contributed by atoms with Gasteiger partial charge in [-0.1, -0.05) is 45.0 Å². The molecular formula is C22H24N2. The molecule has 122 valence electrons. The zero-order chi connectivity index (χ0) is 17.1. The van der Waals surface area contributed by atoms with Crippen LogP contribution in [0.15, 0.2) is 42.6 Å². The van der Waals surface area contributed by atoms with Crippen LogP contribution in [0.3, 0.4) is 0 Å². The largest absolute Gasteiger partial charge is 0.253 e. The highest BCUT2D eigenvalue weighted by Crippen LogP contribution is 2.52. The fraction of sp³-hybridized carbons (Fsp3) is 0.364. The number of aryl methyl sites for hydroxylation is 2. The lowest BCUT2D eigenvalue weighted by molar-refractivity contribution is 0.298. The summed E-state index contributed by atoms with van der Waals surface area (Å²) in [5.41, 5.74) is 8.49. The Morgan fingerprint density at radius 2 is 1.58 bits per heavy atom. The van der Waals surface area contributed by atoms with Gasteiger partial charge in [0.25, 0.3) is 0 Å². The molecule has 3 aromatic rings. The van der Waals surface area contributed by atoms with E-state index in [1.165, 1.54) is 22.3 Å². The van der Waals surface area contributed by atoms with E-state index in [9.17, 15) is 0 Å². The molecular weight excluding hydrogens is 292 g/mol. The van der Waals surface area contributed by atoms with E-state index < -0.39 is 0 Å². The molecule has 0 radical (unpaired) electrons. The van der Waals surface area contributed by atoms with Crippen LogP contribution < -0.4 is 0 Å². The molecule has 1 heterocycles. The first-order chi connectivity index (χ1) is 11.3. The summed E-state index contributed by atoms with van der Waals surface area (Å²) in [5.74, 6) is 0. The predicted molar refractivity (Wildman–Crippen MR) is 99.5 cm³/mol. The second-order valence-corrected chi connectivity index (χ2v) is 7.97. The maximum atomic E-state index is 5.05. The Hall–Kier alpha value is -2.22. The molecule has 0 spiro atoms. The third-order valence-corrected chi connectivity index (χ3v) is 6.34. The molecule has 0 bridgehead atoms. The maximum absolute atomic E-state index is 5.05. The van der Waals surface area contributed by atoms with E-state index in [2.05, 4.69) is 71.0 Å². The van der Waals surface area contributed by atoms with Crippen molar-refractivity contribution in [1.82, 2.24) is 9.97 Å². The lowest BCUT2D eigenvalue weighted by atomic mass is 9.65. The summed E-state index contributed by atoms with van der Waals surface area (Å²) in [7, 11) is 0. The van der Waals surface area contributed by atoms with Gasteiger partial charge in [0.1, 0.15) is 0 Å². The van der Waals surface area contributed by atoms with Crippen LogP contribution in [0.1, 0.15) is 48.7 Å². The van der Waals surface area contributed by atoms with E-state index in [-0.39, 0.29) is 10.8 Å². The molecule has 1 atom stereocenters. The van der Waals surface area contributed by atoms with Crippen LogP contribution in [0, 0.1) is 13.8 Å². The molecule has 1 aliphatic carbocycles. The Morgan fingerprint density at radius 3 is 2.29 bits per heavy atom. The van der Waals surface area contributed by atoms with Gasteiger partial charge in [-0.15, -0.1) is 0 Å². The number of hydrogen-bond acceptors (Lipinski definition) is 2. The topological polar surface area (TPSA) is 25.8 Å². The van der Waals surface area contributed by atoms with Crippen LogP contribution in [0.5, 0.6) is 0 Å². The van der Waals surface area contributed by atoms with E-state index in [1.807, 2.05) is 6.20 Å². The van der Waals surface area contributed by atoms with Crippen LogP contribution in [-0.2, 0) is 17.3 Å². The Kier molecular flexibility index (Phi) is 3.12. The Bertz CT molecular complexity index is 955. The molecule has 1 aromatic heterocycles. The molecule has 0 saturated carbocycles. The molecule has 2 aromatic carbocycles. The standard InChI is InChI=1S/C22H24N2/c1-14-10-18-19(11-15(14)2)24-20(13-23-18)22(5)12-16-8-6-7-9-17(16)21(22,3)4/h6-11,13H,12H2,1-5H3. The van der Waals surface area contributed by atoms with Gasteiger partial charge in [0.2, 0.25) is 0 Å². The quantitative estimate of drug-likeness (QED) is 0.628. The van der Waals surface area contributed by atoms with Gasteiger partial charge in [-0.3, -0.25) is 4.98 Å². The lowest BCUT2D eigenvalue weighted by Gasteiger charge is -2.38. The highest BCUT2D eigenvalue weighted by atomic mass is 14.8. The summed E-state index contributed by atoms with van der Waals surface area (Å²) in [5, 5.41) is 0. The molecule has 0 saturated heterocycles. The lowest BCUT2D eigenvalue weighted by Crippen LogP contribution is -2.40. The SMILES string of the molecule is Cc1cc2ncc(C3(C)Cc4ccccc4C3(C)C)nc2cc1C. The van der Waals surface area contributed by atoms with Crippen molar-refractivity contribution in [3.05, 3.63) is 70.5 Å². The van der Waals surface area contributed by atoms with Crippen LogP contribution in [0.25, 0.3) is 11.0 Å². The fourth-order valence-electron chi connectivity index (χ4n) is 4.13. The maximum Gasteiger partial charge on any atom is 0.0893 e. The molecule has 1 unspecified atom stereocenters. The minimum Gasteiger partial charge on any atom is -0.253 e. The molecule has 4 rings (SSSR count). The monoisotopic (exact) mass is 316 g/mol. The fourth-order valence-corrected chi connectivity index (χ4v) is 4.13. The van der Waals surface area contributed by atoms with Gasteiger partial charge in [-0.25, -0.2) is 4.98 Å². The molecule has 2 heteroatoms. The van der Waals surface area contributed by atoms with Gasteiger partial charge in [0.15, 0.2) is 0 Å². The first-order valence-corrected chi connectivity index (χ1v) is 8.66. The highest BCUT2D eigenvalue weighted by Gasteiger charge is 2.50. The minimum atomic E-state index is -0.0450. The van der Waals surface area contributed by atoms with Crippen molar-refractivity contribution in [2.24, 2.45) is 0 Å². The zero-order valence-electron chi connectivity index (χ0n) is 15.1. The van der Waals surface area contributed by atoms with Crippen molar-refractivity contribution in [1.29, 1.82) is 0 Å². The number of aromatic nitrogens is 2. The highest BCUT2D eigenvalue weighted by molar-refractivity contribution is 5.76. The number of nitrogens with zero attached hydrogens (tertiary/aromatic N) is 2. The first-order valence-electron chi connectivity index (χ1n) is 8.66. The van der Waals surface area contributed by atoms with Gasteiger partial charge in [0.05, 0.1) is 16.7 Å². The zero-order valence-corrected chi connectivity index (χ0v) is 15.1. The Labute approximate surface area is 144 Å². The van der Waals surface area contributed by atoms with Gasteiger partial charge >= 0.3 is 0 Å². The Balaban J connectivity index is 1.90. The van der Waals surface area contributed by atoms with Crippen molar-refractivity contribution < 1.29 is 0 Å². The number of fused-ring (bicyclic) bond motifs is 2. The number of benzene rings is 2. The van der Waals surface area contributed by atoms with E-state index in [0.717, 1.165) is 23.1 Å². The summed E-state index contributed by atoms with van der Waals surface area (Å²) in [4.78, 5) is 9.79. The second-order valence-electron chi connectivity index (χ2n) is 7.97. The number of hydrogen-bond donors (Lipinski definition) is 0. The predicted octanol–water partition coefficient (Wildman–Crippen LogP) is 5.04. The molecule has 0 amide bonds. The van der Waals surface area contributed by atoms with Crippen molar-refractivity contribution in [3.8, 4) is 0 Å². The summed E-state index contributed by atoms with van der Waals surface area (Å²) >= 11 is 0. The summed E-state index contributed by atoms with van der Waals surface area (Å²) in [6, 6.07) is 13.1. The van der Waals surface area contributed by atoms with Crippen molar-refractivity contribution in [2.75, 3.05) is 0 Å². The third kappa shape index (κ3) is 1.95. The normalized spacial score (nSPS) is 21.9. The molecule has 2 nitrogen and oxygen atoms in total. The third-order valence-electron chi connectivity index (χ3n) is 6.34. The smallest absolute Gasteiger partial charge is 0.0893 e. The number of rotatable bonds is 1. The molecule has 0 aliphatic heterocycles. The first kappa shape index (κ1) is 15.3. The van der Waals surface area contributed by atoms with Gasteiger partial charge in [-0.2, -0.15) is 0 Å². The van der Waals surface area contributed by atoms with Crippen molar-refractivity contribution in [3.63, 3.8) is 0 Å². The van der Waals surface area contributed by atoms with Crippen LogP contribution in [0.2, 0.25) is 0 Å². The molecule has 1 aliphatic rings. The summed E-state index contributed by atoms with van der Waals surface area (Å²) in [6.07, 6.45) is 3.01. The van der Waals surface area contributed by atoms with Crippen molar-refractivity contribution in [2.45, 2.75) is 51.9 Å². The Morgan fingerprint density at radius 1 is 0.917 bits per heavy atom. The van der Waals surface area contributed by atoms with Gasteiger partial charge in [0, 0.05) is 17.0 Å². The van der Waals surface area contributed by atoms with Crippen LogP contribution >= 0.6 is 0 Å². The van der Waals surface area contributed by atoms with E-state index in [4.69, 9.17) is 9.97 Å². The van der Waals surface area contributed by atoms with Crippen molar-refractivity contribution >= 4 is 11.0 Å². The minimum absolute atomic E-state index is 0.0334. The van der Waals surface area contributed by atoms with Crippen LogP contribution in [-0.4, -0.2) is 9.97 Å².